The van der Waals surface area contributed by atoms with E-state index < -0.39 is 11.6 Å². The fourth-order valence-electron chi connectivity index (χ4n) is 1.58. The zero-order chi connectivity index (χ0) is 13.1. The highest BCUT2D eigenvalue weighted by molar-refractivity contribution is 6.31. The number of carbonyl (C=O) groups excluding carboxylic acids is 1. The van der Waals surface area contributed by atoms with E-state index in [9.17, 15) is 13.6 Å². The summed E-state index contributed by atoms with van der Waals surface area (Å²) in [6, 6.07) is 9.15. The largest absolute Gasteiger partial charge is 0.294 e. The van der Waals surface area contributed by atoms with Crippen LogP contribution in [-0.4, -0.2) is 5.78 Å². The number of ketones is 1. The molecule has 2 rings (SSSR count). The molecule has 0 N–H and O–H groups in total. The van der Waals surface area contributed by atoms with Crippen molar-refractivity contribution in [2.75, 3.05) is 0 Å². The highest BCUT2D eigenvalue weighted by Gasteiger charge is 2.10. The third-order valence-corrected chi connectivity index (χ3v) is 2.88. The topological polar surface area (TPSA) is 17.1 Å². The summed E-state index contributed by atoms with van der Waals surface area (Å²) in [5.74, 6) is -1.03. The summed E-state index contributed by atoms with van der Waals surface area (Å²) in [5.41, 5.74) is 0.948. The Kier molecular flexibility index (Phi) is 3.72. The minimum atomic E-state index is -0.446. The van der Waals surface area contributed by atoms with E-state index in [-0.39, 0.29) is 17.2 Å². The summed E-state index contributed by atoms with van der Waals surface area (Å²) in [6.45, 7) is 0. The number of Topliss-reactive ketones (excluding diaryl/α,β-unsaturated/α-hetero) is 1. The average Bonchev–Trinajstić information content (AvgIpc) is 2.33. The lowest BCUT2D eigenvalue weighted by molar-refractivity contribution is 0.0993. The van der Waals surface area contributed by atoms with Crippen molar-refractivity contribution in [3.8, 4) is 0 Å². The molecule has 0 spiro atoms. The molecular formula is C14H9ClF2O. The fourth-order valence-corrected chi connectivity index (χ4v) is 1.81. The number of rotatable bonds is 3. The van der Waals surface area contributed by atoms with Crippen molar-refractivity contribution in [2.45, 2.75) is 6.42 Å². The zero-order valence-corrected chi connectivity index (χ0v) is 10.0. The Morgan fingerprint density at radius 2 is 1.61 bits per heavy atom. The van der Waals surface area contributed by atoms with Gasteiger partial charge in [0.2, 0.25) is 0 Å². The van der Waals surface area contributed by atoms with E-state index in [4.69, 9.17) is 11.6 Å². The maximum atomic E-state index is 12.8. The molecule has 0 fully saturated rings. The van der Waals surface area contributed by atoms with Crippen LogP contribution in [-0.2, 0) is 6.42 Å². The highest BCUT2D eigenvalue weighted by Crippen LogP contribution is 2.19. The highest BCUT2D eigenvalue weighted by atomic mass is 35.5. The van der Waals surface area contributed by atoms with E-state index in [1.807, 2.05) is 0 Å². The van der Waals surface area contributed by atoms with Crippen molar-refractivity contribution in [2.24, 2.45) is 0 Å². The van der Waals surface area contributed by atoms with Gasteiger partial charge >= 0.3 is 0 Å². The third-order valence-electron chi connectivity index (χ3n) is 2.53. The molecule has 1 nitrogen and oxygen atoms in total. The Bertz CT molecular complexity index is 579. The second-order valence-corrected chi connectivity index (χ2v) is 4.25. The number of hydrogen-bond acceptors (Lipinski definition) is 1. The minimum Gasteiger partial charge on any atom is -0.294 e. The van der Waals surface area contributed by atoms with E-state index in [2.05, 4.69) is 0 Å². The molecule has 2 aromatic rings. The maximum Gasteiger partial charge on any atom is 0.167 e. The summed E-state index contributed by atoms with van der Waals surface area (Å²) in [4.78, 5) is 11.9. The SMILES string of the molecule is O=C(Cc1ccc(F)cc1Cl)c1ccc(F)cc1. The van der Waals surface area contributed by atoms with Crippen LogP contribution in [0.4, 0.5) is 8.78 Å². The molecule has 4 heteroatoms. The van der Waals surface area contributed by atoms with Crippen LogP contribution in [0.25, 0.3) is 0 Å². The molecule has 0 aliphatic carbocycles. The predicted octanol–water partition coefficient (Wildman–Crippen LogP) is 4.04. The lowest BCUT2D eigenvalue weighted by Crippen LogP contribution is -2.04. The summed E-state index contributed by atoms with van der Waals surface area (Å²) >= 11 is 5.83. The summed E-state index contributed by atoms with van der Waals surface area (Å²) in [6.07, 6.45) is 0.0603. The molecule has 0 radical (unpaired) electrons. The molecule has 0 aliphatic rings. The van der Waals surface area contributed by atoms with E-state index >= 15 is 0 Å². The van der Waals surface area contributed by atoms with Crippen LogP contribution in [0, 0.1) is 11.6 Å². The molecule has 0 saturated carbocycles. The minimum absolute atomic E-state index is 0.0603. The van der Waals surface area contributed by atoms with Crippen LogP contribution < -0.4 is 0 Å². The van der Waals surface area contributed by atoms with Crippen molar-refractivity contribution >= 4 is 17.4 Å². The standard InChI is InChI=1S/C14H9ClF2O/c15-13-8-12(17)6-3-10(13)7-14(18)9-1-4-11(16)5-2-9/h1-6,8H,7H2. The lowest BCUT2D eigenvalue weighted by atomic mass is 10.0. The molecule has 0 heterocycles. The van der Waals surface area contributed by atoms with Crippen LogP contribution >= 0.6 is 11.6 Å². The smallest absolute Gasteiger partial charge is 0.167 e. The summed E-state index contributed by atoms with van der Waals surface area (Å²) in [7, 11) is 0. The number of benzene rings is 2. The Morgan fingerprint density at radius 3 is 2.22 bits per heavy atom. The number of halogens is 3. The summed E-state index contributed by atoms with van der Waals surface area (Å²) in [5, 5.41) is 0.213. The summed E-state index contributed by atoms with van der Waals surface area (Å²) < 4.78 is 25.6. The van der Waals surface area contributed by atoms with Gasteiger partial charge in [0, 0.05) is 17.0 Å². The number of carbonyl (C=O) groups is 1. The normalized spacial score (nSPS) is 10.4. The van der Waals surface area contributed by atoms with Gasteiger partial charge in [0.15, 0.2) is 5.78 Å². The molecule has 0 aliphatic heterocycles. The molecule has 0 saturated heterocycles. The first-order valence-electron chi connectivity index (χ1n) is 5.29. The molecule has 0 atom stereocenters. The van der Waals surface area contributed by atoms with Gasteiger partial charge in [-0.25, -0.2) is 8.78 Å². The fraction of sp³-hybridized carbons (Fsp3) is 0.0714. The monoisotopic (exact) mass is 266 g/mol. The second-order valence-electron chi connectivity index (χ2n) is 3.84. The quantitative estimate of drug-likeness (QED) is 0.766. The van der Waals surface area contributed by atoms with Crippen LogP contribution in [0.5, 0.6) is 0 Å². The van der Waals surface area contributed by atoms with Crippen molar-refractivity contribution in [1.82, 2.24) is 0 Å². The molecule has 18 heavy (non-hydrogen) atoms. The van der Waals surface area contributed by atoms with Crippen molar-refractivity contribution in [3.05, 3.63) is 70.2 Å². The second kappa shape index (κ2) is 5.27. The van der Waals surface area contributed by atoms with Gasteiger partial charge in [-0.2, -0.15) is 0 Å². The average molecular weight is 267 g/mol. The van der Waals surface area contributed by atoms with Gasteiger partial charge in [0.05, 0.1) is 0 Å². The molecule has 0 unspecified atom stereocenters. The molecule has 2 aromatic carbocycles. The Labute approximate surface area is 108 Å². The predicted molar refractivity (Wildman–Crippen MR) is 65.8 cm³/mol. The van der Waals surface area contributed by atoms with Crippen LogP contribution in [0.2, 0.25) is 5.02 Å². The maximum absolute atomic E-state index is 12.8. The molecule has 0 bridgehead atoms. The first kappa shape index (κ1) is 12.7. The molecule has 92 valence electrons. The zero-order valence-electron chi connectivity index (χ0n) is 9.29. The van der Waals surface area contributed by atoms with Gasteiger partial charge < -0.3 is 0 Å². The van der Waals surface area contributed by atoms with Gasteiger partial charge in [-0.05, 0) is 42.0 Å². The Balaban J connectivity index is 2.18. The number of hydrogen-bond donors (Lipinski definition) is 0. The van der Waals surface area contributed by atoms with Gasteiger partial charge in [0.1, 0.15) is 11.6 Å². The van der Waals surface area contributed by atoms with Crippen LogP contribution in [0.1, 0.15) is 15.9 Å². The molecule has 0 amide bonds. The van der Waals surface area contributed by atoms with Gasteiger partial charge in [-0.3, -0.25) is 4.79 Å². The van der Waals surface area contributed by atoms with E-state index in [0.29, 0.717) is 11.1 Å². The Morgan fingerprint density at radius 1 is 1.00 bits per heavy atom. The first-order chi connectivity index (χ1) is 8.56. The van der Waals surface area contributed by atoms with E-state index in [0.717, 1.165) is 6.07 Å². The van der Waals surface area contributed by atoms with Crippen molar-refractivity contribution < 1.29 is 13.6 Å². The van der Waals surface area contributed by atoms with Crippen LogP contribution in [0.3, 0.4) is 0 Å². The third kappa shape index (κ3) is 2.93. The molecular weight excluding hydrogens is 258 g/mol. The van der Waals surface area contributed by atoms with Gasteiger partial charge in [-0.15, -0.1) is 0 Å². The van der Waals surface area contributed by atoms with Crippen LogP contribution in [0.15, 0.2) is 42.5 Å². The van der Waals surface area contributed by atoms with Gasteiger partial charge in [0.25, 0.3) is 0 Å². The Hall–Kier alpha value is -1.74. The first-order valence-corrected chi connectivity index (χ1v) is 5.67. The van der Waals surface area contributed by atoms with Crippen molar-refractivity contribution in [1.29, 1.82) is 0 Å². The van der Waals surface area contributed by atoms with E-state index in [1.165, 1.54) is 36.4 Å². The lowest BCUT2D eigenvalue weighted by Gasteiger charge is -2.04. The van der Waals surface area contributed by atoms with Gasteiger partial charge in [-0.1, -0.05) is 17.7 Å². The molecule has 0 aromatic heterocycles. The van der Waals surface area contributed by atoms with E-state index in [1.54, 1.807) is 0 Å². The van der Waals surface area contributed by atoms with Crippen molar-refractivity contribution in [3.63, 3.8) is 0 Å².